The van der Waals surface area contributed by atoms with E-state index in [1.165, 1.54) is 24.1 Å². The van der Waals surface area contributed by atoms with Gasteiger partial charge in [-0.15, -0.1) is 0 Å². The predicted molar refractivity (Wildman–Crippen MR) is 110 cm³/mol. The fourth-order valence-corrected chi connectivity index (χ4v) is 4.23. The number of anilines is 1. The molecule has 0 saturated carbocycles. The van der Waals surface area contributed by atoms with Gasteiger partial charge in [0.15, 0.2) is 0 Å². The molecule has 4 heteroatoms. The van der Waals surface area contributed by atoms with Crippen molar-refractivity contribution >= 4 is 11.6 Å². The molecule has 142 valence electrons. The fraction of sp³-hybridized carbons (Fsp3) is 0.435. The normalized spacial score (nSPS) is 20.1. The average molecular weight is 364 g/mol. The Morgan fingerprint density at radius 2 is 1.70 bits per heavy atom. The van der Waals surface area contributed by atoms with Crippen molar-refractivity contribution in [3.05, 3.63) is 65.7 Å². The predicted octanol–water partition coefficient (Wildman–Crippen LogP) is 3.39. The van der Waals surface area contributed by atoms with Crippen LogP contribution in [-0.4, -0.2) is 43.5 Å². The second-order valence-electron chi connectivity index (χ2n) is 7.77. The number of rotatable bonds is 6. The molecule has 0 aromatic heterocycles. The Balaban J connectivity index is 1.22. The fourth-order valence-electron chi connectivity index (χ4n) is 4.23. The van der Waals surface area contributed by atoms with Gasteiger partial charge in [0.05, 0.1) is 6.54 Å². The van der Waals surface area contributed by atoms with E-state index in [0.717, 1.165) is 38.2 Å². The highest BCUT2D eigenvalue weighted by Gasteiger charge is 2.24. The summed E-state index contributed by atoms with van der Waals surface area (Å²) in [7, 11) is 0. The second-order valence-corrected chi connectivity index (χ2v) is 7.77. The highest BCUT2D eigenvalue weighted by atomic mass is 16.2. The average Bonchev–Trinajstić information content (AvgIpc) is 3.40. The van der Waals surface area contributed by atoms with E-state index in [1.807, 2.05) is 0 Å². The molecule has 1 atom stereocenters. The van der Waals surface area contributed by atoms with Crippen molar-refractivity contribution in [3.63, 3.8) is 0 Å². The molecule has 1 unspecified atom stereocenters. The molecule has 2 aromatic carbocycles. The Bertz CT molecular complexity index is 738. The molecule has 2 aromatic rings. The minimum atomic E-state index is 0.118. The molecular weight excluding hydrogens is 334 g/mol. The summed E-state index contributed by atoms with van der Waals surface area (Å²) in [4.78, 5) is 17.0. The Kier molecular flexibility index (Phi) is 5.73. The van der Waals surface area contributed by atoms with Crippen LogP contribution in [0.15, 0.2) is 54.6 Å². The van der Waals surface area contributed by atoms with E-state index in [-0.39, 0.29) is 5.91 Å². The van der Waals surface area contributed by atoms with Crippen LogP contribution in [0.5, 0.6) is 0 Å². The first-order valence-corrected chi connectivity index (χ1v) is 10.2. The van der Waals surface area contributed by atoms with Gasteiger partial charge in [0.25, 0.3) is 0 Å². The molecular formula is C23H29N3O. The highest BCUT2D eigenvalue weighted by molar-refractivity contribution is 5.78. The topological polar surface area (TPSA) is 35.6 Å². The third-order valence-corrected chi connectivity index (χ3v) is 5.81. The first kappa shape index (κ1) is 18.1. The molecule has 4 nitrogen and oxygen atoms in total. The van der Waals surface area contributed by atoms with Crippen LogP contribution in [-0.2, 0) is 11.3 Å². The lowest BCUT2D eigenvalue weighted by molar-refractivity contribution is -0.122. The molecule has 2 aliphatic rings. The Hall–Kier alpha value is -2.33. The lowest BCUT2D eigenvalue weighted by atomic mass is 9.99. The quantitative estimate of drug-likeness (QED) is 0.854. The Morgan fingerprint density at radius 3 is 2.44 bits per heavy atom. The number of nitrogens with one attached hydrogen (secondary N) is 1. The third kappa shape index (κ3) is 4.69. The zero-order valence-electron chi connectivity index (χ0n) is 15.9. The molecule has 4 rings (SSSR count). The summed E-state index contributed by atoms with van der Waals surface area (Å²) in [6, 6.07) is 19.3. The lowest BCUT2D eigenvalue weighted by Crippen LogP contribution is -2.35. The number of hydrogen-bond acceptors (Lipinski definition) is 3. The summed E-state index contributed by atoms with van der Waals surface area (Å²) in [5.74, 6) is 0.671. The summed E-state index contributed by atoms with van der Waals surface area (Å²) in [6.07, 6.45) is 3.72. The van der Waals surface area contributed by atoms with E-state index in [9.17, 15) is 4.79 Å². The van der Waals surface area contributed by atoms with E-state index in [2.05, 4.69) is 69.7 Å². The van der Waals surface area contributed by atoms with Gasteiger partial charge >= 0.3 is 0 Å². The van der Waals surface area contributed by atoms with Crippen LogP contribution in [0.25, 0.3) is 0 Å². The molecule has 1 N–H and O–H groups in total. The van der Waals surface area contributed by atoms with Crippen LogP contribution < -0.4 is 10.2 Å². The Morgan fingerprint density at radius 1 is 0.963 bits per heavy atom. The second kappa shape index (κ2) is 8.57. The molecule has 0 radical (unpaired) electrons. The molecule has 2 aliphatic heterocycles. The van der Waals surface area contributed by atoms with Crippen molar-refractivity contribution in [2.24, 2.45) is 0 Å². The van der Waals surface area contributed by atoms with E-state index < -0.39 is 0 Å². The molecule has 2 saturated heterocycles. The summed E-state index contributed by atoms with van der Waals surface area (Å²) in [5, 5.41) is 3.08. The first-order valence-electron chi connectivity index (χ1n) is 10.2. The van der Waals surface area contributed by atoms with Crippen molar-refractivity contribution in [2.45, 2.75) is 31.7 Å². The molecule has 0 aliphatic carbocycles. The minimum absolute atomic E-state index is 0.118. The first-order chi connectivity index (χ1) is 13.3. The van der Waals surface area contributed by atoms with Crippen molar-refractivity contribution in [1.82, 2.24) is 10.2 Å². The van der Waals surface area contributed by atoms with E-state index in [0.29, 0.717) is 19.0 Å². The number of likely N-dealkylation sites (tertiary alicyclic amines) is 1. The van der Waals surface area contributed by atoms with Gasteiger partial charge in [0, 0.05) is 31.9 Å². The number of hydrogen-bond donors (Lipinski definition) is 1. The van der Waals surface area contributed by atoms with Crippen LogP contribution >= 0.6 is 0 Å². The Labute approximate surface area is 162 Å². The van der Waals surface area contributed by atoms with Crippen molar-refractivity contribution in [2.75, 3.05) is 37.6 Å². The standard InChI is InChI=1S/C23H29N3O/c27-23(18-25-15-12-21(17-25)20-6-2-1-3-7-20)24-16-19-8-10-22(11-9-19)26-13-4-5-14-26/h1-3,6-11,21H,4-5,12-18H2,(H,24,27). The zero-order valence-corrected chi connectivity index (χ0v) is 15.9. The maximum Gasteiger partial charge on any atom is 0.234 e. The number of amides is 1. The SMILES string of the molecule is O=C(CN1CCC(c2ccccc2)C1)NCc1ccc(N2CCCC2)cc1. The molecule has 2 heterocycles. The number of carbonyl (C=O) groups is 1. The van der Waals surface area contributed by atoms with Gasteiger partial charge in [-0.05, 0) is 55.0 Å². The van der Waals surface area contributed by atoms with Crippen LogP contribution in [0.1, 0.15) is 36.3 Å². The maximum absolute atomic E-state index is 12.3. The van der Waals surface area contributed by atoms with Gasteiger partial charge in [-0.25, -0.2) is 0 Å². The lowest BCUT2D eigenvalue weighted by Gasteiger charge is -2.18. The molecule has 27 heavy (non-hydrogen) atoms. The van der Waals surface area contributed by atoms with E-state index >= 15 is 0 Å². The number of benzene rings is 2. The van der Waals surface area contributed by atoms with Crippen LogP contribution in [0, 0.1) is 0 Å². The van der Waals surface area contributed by atoms with Crippen molar-refractivity contribution in [1.29, 1.82) is 0 Å². The maximum atomic E-state index is 12.3. The summed E-state index contributed by atoms with van der Waals surface area (Å²) in [6.45, 7) is 5.40. The van der Waals surface area contributed by atoms with Crippen molar-refractivity contribution in [3.8, 4) is 0 Å². The van der Waals surface area contributed by atoms with E-state index in [1.54, 1.807) is 0 Å². The summed E-state index contributed by atoms with van der Waals surface area (Å²) in [5.41, 5.74) is 3.85. The summed E-state index contributed by atoms with van der Waals surface area (Å²) < 4.78 is 0. The smallest absolute Gasteiger partial charge is 0.234 e. The number of nitrogens with zero attached hydrogens (tertiary/aromatic N) is 2. The number of carbonyl (C=O) groups excluding carboxylic acids is 1. The van der Waals surface area contributed by atoms with Gasteiger partial charge in [-0.2, -0.15) is 0 Å². The van der Waals surface area contributed by atoms with E-state index in [4.69, 9.17) is 0 Å². The third-order valence-electron chi connectivity index (χ3n) is 5.81. The summed E-state index contributed by atoms with van der Waals surface area (Å²) >= 11 is 0. The molecule has 0 bridgehead atoms. The van der Waals surface area contributed by atoms with Crippen LogP contribution in [0.3, 0.4) is 0 Å². The minimum Gasteiger partial charge on any atom is -0.372 e. The zero-order chi connectivity index (χ0) is 18.5. The van der Waals surface area contributed by atoms with Gasteiger partial charge in [-0.1, -0.05) is 42.5 Å². The van der Waals surface area contributed by atoms with Crippen molar-refractivity contribution < 1.29 is 4.79 Å². The molecule has 2 fully saturated rings. The van der Waals surface area contributed by atoms with Gasteiger partial charge < -0.3 is 10.2 Å². The molecule has 1 amide bonds. The van der Waals surface area contributed by atoms with Gasteiger partial charge in [0.1, 0.15) is 0 Å². The molecule has 0 spiro atoms. The van der Waals surface area contributed by atoms with Crippen LogP contribution in [0.2, 0.25) is 0 Å². The van der Waals surface area contributed by atoms with Crippen LogP contribution in [0.4, 0.5) is 5.69 Å². The monoisotopic (exact) mass is 363 g/mol. The highest BCUT2D eigenvalue weighted by Crippen LogP contribution is 2.26. The van der Waals surface area contributed by atoms with Gasteiger partial charge in [-0.3, -0.25) is 9.69 Å². The van der Waals surface area contributed by atoms with Gasteiger partial charge in [0.2, 0.25) is 5.91 Å². The largest absolute Gasteiger partial charge is 0.372 e.